The van der Waals surface area contributed by atoms with Gasteiger partial charge in [0.1, 0.15) is 30.8 Å². The number of halogens is 1. The molecule has 1 unspecified atom stereocenters. The average molecular weight is 570 g/mol. The number of anilines is 1. The first-order valence-electron chi connectivity index (χ1n) is 12.8. The minimum atomic E-state index is -3.90. The van der Waals surface area contributed by atoms with E-state index < -0.39 is 45.8 Å². The molecular weight excluding hydrogens is 533 g/mol. The molecule has 8 nitrogen and oxygen atoms in total. The summed E-state index contributed by atoms with van der Waals surface area (Å²) in [4.78, 5) is 27.8. The van der Waals surface area contributed by atoms with Crippen LogP contribution in [0.3, 0.4) is 0 Å². The van der Waals surface area contributed by atoms with Crippen LogP contribution in [0.4, 0.5) is 10.1 Å². The minimum absolute atomic E-state index is 0.206. The van der Waals surface area contributed by atoms with Crippen molar-refractivity contribution >= 4 is 27.5 Å². The molecule has 0 radical (unpaired) electrons. The molecule has 3 aromatic rings. The largest absolute Gasteiger partial charge is 0.489 e. The van der Waals surface area contributed by atoms with Crippen LogP contribution < -0.4 is 14.4 Å². The zero-order chi connectivity index (χ0) is 29.5. The summed E-state index contributed by atoms with van der Waals surface area (Å²) in [6.07, 6.45) is 0.997. The highest BCUT2D eigenvalue weighted by molar-refractivity contribution is 7.92. The molecule has 0 spiro atoms. The summed E-state index contributed by atoms with van der Waals surface area (Å²) in [7, 11) is -3.90. The Morgan fingerprint density at radius 2 is 1.55 bits per heavy atom. The number of rotatable bonds is 11. The molecule has 1 N–H and O–H groups in total. The van der Waals surface area contributed by atoms with E-state index in [0.29, 0.717) is 12.4 Å². The van der Waals surface area contributed by atoms with Crippen molar-refractivity contribution in [1.29, 1.82) is 0 Å². The van der Waals surface area contributed by atoms with Crippen LogP contribution >= 0.6 is 0 Å². The normalized spacial score (nSPS) is 12.3. The number of hydrogen-bond donors (Lipinski definition) is 1. The van der Waals surface area contributed by atoms with Gasteiger partial charge in [0.05, 0.1) is 11.9 Å². The van der Waals surface area contributed by atoms with Gasteiger partial charge in [-0.3, -0.25) is 13.9 Å². The molecular formula is C30H36FN3O5S. The Balaban J connectivity index is 1.84. The van der Waals surface area contributed by atoms with Crippen LogP contribution in [0.25, 0.3) is 0 Å². The fourth-order valence-electron chi connectivity index (χ4n) is 3.93. The van der Waals surface area contributed by atoms with E-state index in [0.717, 1.165) is 16.1 Å². The van der Waals surface area contributed by atoms with Crippen molar-refractivity contribution in [2.24, 2.45) is 0 Å². The average Bonchev–Trinajstić information content (AvgIpc) is 2.89. The summed E-state index contributed by atoms with van der Waals surface area (Å²) in [5.41, 5.74) is 0.869. The number of nitrogens with one attached hydrogen (secondary N) is 1. The van der Waals surface area contributed by atoms with E-state index in [-0.39, 0.29) is 17.8 Å². The first-order chi connectivity index (χ1) is 18.7. The van der Waals surface area contributed by atoms with Crippen molar-refractivity contribution in [1.82, 2.24) is 10.2 Å². The summed E-state index contributed by atoms with van der Waals surface area (Å²) in [6, 6.07) is 20.9. The van der Waals surface area contributed by atoms with Crippen LogP contribution in [-0.4, -0.2) is 49.5 Å². The standard InChI is InChI=1S/C30H36FN3O5S/c1-22(29(36)32-30(2,3)4)33(19-24-13-9-10-14-27(24)31)28(35)20-34(40(5,37)38)25-15-17-26(18-16-25)39-21-23-11-7-6-8-12-23/h6-18,22H,19-21H2,1-5H3,(H,32,36). The van der Waals surface area contributed by atoms with E-state index >= 15 is 0 Å². The Morgan fingerprint density at radius 3 is 2.12 bits per heavy atom. The maximum atomic E-state index is 14.5. The fourth-order valence-corrected chi connectivity index (χ4v) is 4.78. The molecule has 0 saturated heterocycles. The molecule has 0 bridgehead atoms. The Labute approximate surface area is 235 Å². The Hall–Kier alpha value is -3.92. The van der Waals surface area contributed by atoms with E-state index in [2.05, 4.69) is 5.32 Å². The Kier molecular flexibility index (Phi) is 9.92. The van der Waals surface area contributed by atoms with Gasteiger partial charge < -0.3 is 15.0 Å². The molecule has 0 heterocycles. The topological polar surface area (TPSA) is 96.0 Å². The van der Waals surface area contributed by atoms with Gasteiger partial charge in [-0.15, -0.1) is 0 Å². The minimum Gasteiger partial charge on any atom is -0.489 e. The lowest BCUT2D eigenvalue weighted by Crippen LogP contribution is -2.54. The monoisotopic (exact) mass is 569 g/mol. The molecule has 0 saturated carbocycles. The summed E-state index contributed by atoms with van der Waals surface area (Å²) in [6.45, 7) is 6.49. The predicted octanol–water partition coefficient (Wildman–Crippen LogP) is 4.50. The van der Waals surface area contributed by atoms with E-state index in [4.69, 9.17) is 4.74 Å². The zero-order valence-electron chi connectivity index (χ0n) is 23.4. The lowest BCUT2D eigenvalue weighted by Gasteiger charge is -2.33. The molecule has 0 fully saturated rings. The van der Waals surface area contributed by atoms with Gasteiger partial charge in [0, 0.05) is 17.6 Å². The third-order valence-corrected chi connectivity index (χ3v) is 7.16. The third kappa shape index (κ3) is 8.81. The van der Waals surface area contributed by atoms with Crippen molar-refractivity contribution in [3.05, 3.63) is 95.8 Å². The molecule has 10 heteroatoms. The maximum absolute atomic E-state index is 14.5. The lowest BCUT2D eigenvalue weighted by molar-refractivity contribution is -0.140. The zero-order valence-corrected chi connectivity index (χ0v) is 24.2. The number of sulfonamides is 1. The molecule has 2 amide bonds. The van der Waals surface area contributed by atoms with Crippen molar-refractivity contribution < 1.29 is 27.1 Å². The quantitative estimate of drug-likeness (QED) is 0.367. The fraction of sp³-hybridized carbons (Fsp3) is 0.333. The molecule has 214 valence electrons. The predicted molar refractivity (Wildman–Crippen MR) is 154 cm³/mol. The van der Waals surface area contributed by atoms with E-state index in [1.165, 1.54) is 30.0 Å². The number of nitrogens with zero attached hydrogens (tertiary/aromatic N) is 2. The van der Waals surface area contributed by atoms with Gasteiger partial charge in [-0.05, 0) is 63.6 Å². The Bertz CT molecular complexity index is 1410. The van der Waals surface area contributed by atoms with Crippen LogP contribution in [0, 0.1) is 5.82 Å². The summed E-state index contributed by atoms with van der Waals surface area (Å²) < 4.78 is 46.8. The smallest absolute Gasteiger partial charge is 0.244 e. The molecule has 40 heavy (non-hydrogen) atoms. The summed E-state index contributed by atoms with van der Waals surface area (Å²) >= 11 is 0. The van der Waals surface area contributed by atoms with Crippen LogP contribution in [0.5, 0.6) is 5.75 Å². The first-order valence-corrected chi connectivity index (χ1v) is 14.7. The van der Waals surface area contributed by atoms with Crippen LogP contribution in [0.15, 0.2) is 78.9 Å². The van der Waals surface area contributed by atoms with Gasteiger partial charge in [-0.2, -0.15) is 0 Å². The van der Waals surface area contributed by atoms with Gasteiger partial charge in [0.25, 0.3) is 0 Å². The molecule has 3 aromatic carbocycles. The van der Waals surface area contributed by atoms with Crippen molar-refractivity contribution in [3.8, 4) is 5.75 Å². The summed E-state index contributed by atoms with van der Waals surface area (Å²) in [5.74, 6) is -1.10. The van der Waals surface area contributed by atoms with Crippen LogP contribution in [0.2, 0.25) is 0 Å². The van der Waals surface area contributed by atoms with Gasteiger partial charge in [-0.25, -0.2) is 12.8 Å². The number of ether oxygens (including phenoxy) is 1. The summed E-state index contributed by atoms with van der Waals surface area (Å²) in [5, 5.41) is 2.83. The number of carbonyl (C=O) groups excluding carboxylic acids is 2. The van der Waals surface area contributed by atoms with Gasteiger partial charge >= 0.3 is 0 Å². The van der Waals surface area contributed by atoms with E-state index in [1.54, 1.807) is 51.1 Å². The maximum Gasteiger partial charge on any atom is 0.244 e. The second kappa shape index (κ2) is 13.0. The number of benzene rings is 3. The number of amides is 2. The van der Waals surface area contributed by atoms with Crippen LogP contribution in [-0.2, 0) is 32.8 Å². The number of carbonyl (C=O) groups is 2. The van der Waals surface area contributed by atoms with Gasteiger partial charge in [-0.1, -0.05) is 48.5 Å². The second-order valence-electron chi connectivity index (χ2n) is 10.6. The molecule has 0 aliphatic rings. The lowest BCUT2D eigenvalue weighted by atomic mass is 10.1. The highest BCUT2D eigenvalue weighted by Gasteiger charge is 2.31. The third-order valence-electron chi connectivity index (χ3n) is 6.02. The molecule has 0 aliphatic heterocycles. The van der Waals surface area contributed by atoms with Crippen LogP contribution in [0.1, 0.15) is 38.8 Å². The van der Waals surface area contributed by atoms with Crippen molar-refractivity contribution in [3.63, 3.8) is 0 Å². The second-order valence-corrected chi connectivity index (χ2v) is 12.5. The van der Waals surface area contributed by atoms with Crippen molar-refractivity contribution in [2.75, 3.05) is 17.1 Å². The highest BCUT2D eigenvalue weighted by atomic mass is 32.2. The molecule has 0 aromatic heterocycles. The van der Waals surface area contributed by atoms with E-state index in [9.17, 15) is 22.4 Å². The van der Waals surface area contributed by atoms with Gasteiger partial charge in [0.15, 0.2) is 0 Å². The first kappa shape index (κ1) is 30.6. The van der Waals surface area contributed by atoms with Gasteiger partial charge in [0.2, 0.25) is 21.8 Å². The highest BCUT2D eigenvalue weighted by Crippen LogP contribution is 2.23. The Morgan fingerprint density at radius 1 is 0.950 bits per heavy atom. The van der Waals surface area contributed by atoms with E-state index in [1.807, 2.05) is 30.3 Å². The molecule has 0 aliphatic carbocycles. The SMILES string of the molecule is CC(C(=O)NC(C)(C)C)N(Cc1ccccc1F)C(=O)CN(c1ccc(OCc2ccccc2)cc1)S(C)(=O)=O. The van der Waals surface area contributed by atoms with Crippen molar-refractivity contribution in [2.45, 2.75) is 52.4 Å². The number of hydrogen-bond acceptors (Lipinski definition) is 5. The molecule has 1 atom stereocenters. The molecule has 3 rings (SSSR count).